The molecule has 27 heavy (non-hydrogen) atoms. The molecule has 0 spiro atoms. The summed E-state index contributed by atoms with van der Waals surface area (Å²) in [5, 5.41) is 7.06. The first-order valence-electron chi connectivity index (χ1n) is 9.12. The summed E-state index contributed by atoms with van der Waals surface area (Å²) in [5.74, 6) is -0.398. The van der Waals surface area contributed by atoms with E-state index in [2.05, 4.69) is 10.4 Å². The van der Waals surface area contributed by atoms with Crippen LogP contribution in [0.3, 0.4) is 0 Å². The minimum Gasteiger partial charge on any atom is -0.339 e. The van der Waals surface area contributed by atoms with Gasteiger partial charge in [-0.25, -0.2) is 13.9 Å². The number of hydrogen-bond donors (Lipinski definition) is 1. The Bertz CT molecular complexity index is 822. The standard InChI is InChI=1S/C19H24FN5O2/c1-3-8-23-9-10-24(13-18(23)26)19(27)22-14(2)15-11-21-25(12-15)17-7-5-4-6-16(17)20/h4-7,11-12,14H,3,8-10,13H2,1-2H3,(H,22,27). The average Bonchev–Trinajstić information content (AvgIpc) is 3.14. The first-order chi connectivity index (χ1) is 13.0. The summed E-state index contributed by atoms with van der Waals surface area (Å²) < 4.78 is 15.3. The fraction of sp³-hybridized carbons (Fsp3) is 0.421. The van der Waals surface area contributed by atoms with E-state index < -0.39 is 0 Å². The number of halogens is 1. The zero-order valence-electron chi connectivity index (χ0n) is 15.6. The van der Waals surface area contributed by atoms with Gasteiger partial charge in [-0.3, -0.25) is 4.79 Å². The molecule has 1 aromatic heterocycles. The lowest BCUT2D eigenvalue weighted by Gasteiger charge is -2.34. The number of nitrogens with zero attached hydrogens (tertiary/aromatic N) is 4. The van der Waals surface area contributed by atoms with Crippen LogP contribution in [0.5, 0.6) is 0 Å². The molecule has 0 saturated carbocycles. The molecule has 8 heteroatoms. The average molecular weight is 373 g/mol. The highest BCUT2D eigenvalue weighted by atomic mass is 19.1. The van der Waals surface area contributed by atoms with Gasteiger partial charge < -0.3 is 15.1 Å². The van der Waals surface area contributed by atoms with Crippen LogP contribution in [0.2, 0.25) is 0 Å². The number of carbonyl (C=O) groups excluding carboxylic acids is 2. The van der Waals surface area contributed by atoms with Gasteiger partial charge in [0.25, 0.3) is 0 Å². The molecule has 7 nitrogen and oxygen atoms in total. The van der Waals surface area contributed by atoms with Crippen LogP contribution in [-0.4, -0.2) is 57.7 Å². The third kappa shape index (κ3) is 4.27. The second-order valence-electron chi connectivity index (χ2n) is 6.64. The first-order valence-corrected chi connectivity index (χ1v) is 9.12. The molecule has 3 amide bonds. The topological polar surface area (TPSA) is 70.5 Å². The second kappa shape index (κ2) is 8.20. The summed E-state index contributed by atoms with van der Waals surface area (Å²) in [6, 6.07) is 5.76. The number of aromatic nitrogens is 2. The van der Waals surface area contributed by atoms with E-state index in [1.807, 2.05) is 13.8 Å². The predicted molar refractivity (Wildman–Crippen MR) is 98.9 cm³/mol. The van der Waals surface area contributed by atoms with Crippen molar-refractivity contribution in [3.05, 3.63) is 48.0 Å². The number of urea groups is 1. The predicted octanol–water partition coefficient (Wildman–Crippen LogP) is 2.34. The molecule has 1 aliphatic rings. The van der Waals surface area contributed by atoms with Crippen molar-refractivity contribution in [2.75, 3.05) is 26.2 Å². The van der Waals surface area contributed by atoms with E-state index in [0.29, 0.717) is 18.8 Å². The Morgan fingerprint density at radius 2 is 2.11 bits per heavy atom. The van der Waals surface area contributed by atoms with Crippen molar-refractivity contribution in [2.45, 2.75) is 26.3 Å². The number of rotatable bonds is 5. The van der Waals surface area contributed by atoms with Gasteiger partial charge in [-0.05, 0) is 25.5 Å². The molecule has 1 unspecified atom stereocenters. The lowest BCUT2D eigenvalue weighted by atomic mass is 10.2. The van der Waals surface area contributed by atoms with Gasteiger partial charge in [-0.15, -0.1) is 0 Å². The number of amides is 3. The fourth-order valence-electron chi connectivity index (χ4n) is 3.08. The molecular formula is C19H24FN5O2. The van der Waals surface area contributed by atoms with Crippen LogP contribution >= 0.6 is 0 Å². The minimum absolute atomic E-state index is 0.0294. The molecular weight excluding hydrogens is 349 g/mol. The van der Waals surface area contributed by atoms with Crippen molar-refractivity contribution in [2.24, 2.45) is 0 Å². The van der Waals surface area contributed by atoms with Gasteiger partial charge in [0.1, 0.15) is 18.0 Å². The maximum Gasteiger partial charge on any atom is 0.318 e. The van der Waals surface area contributed by atoms with Crippen molar-refractivity contribution in [1.82, 2.24) is 24.9 Å². The molecule has 0 aliphatic carbocycles. The van der Waals surface area contributed by atoms with E-state index >= 15 is 0 Å². The van der Waals surface area contributed by atoms with Gasteiger partial charge in [0.15, 0.2) is 0 Å². The van der Waals surface area contributed by atoms with Crippen LogP contribution in [0.25, 0.3) is 5.69 Å². The maximum atomic E-state index is 13.9. The van der Waals surface area contributed by atoms with Crippen molar-refractivity contribution in [1.29, 1.82) is 0 Å². The number of benzene rings is 1. The zero-order chi connectivity index (χ0) is 19.4. The molecule has 144 valence electrons. The molecule has 0 bridgehead atoms. The smallest absolute Gasteiger partial charge is 0.318 e. The van der Waals surface area contributed by atoms with E-state index in [0.717, 1.165) is 18.5 Å². The first kappa shape index (κ1) is 18.9. The lowest BCUT2D eigenvalue weighted by molar-refractivity contribution is -0.134. The largest absolute Gasteiger partial charge is 0.339 e. The van der Waals surface area contributed by atoms with E-state index in [1.54, 1.807) is 35.5 Å². The summed E-state index contributed by atoms with van der Waals surface area (Å²) in [4.78, 5) is 27.9. The highest BCUT2D eigenvalue weighted by Gasteiger charge is 2.27. The van der Waals surface area contributed by atoms with Gasteiger partial charge in [0, 0.05) is 31.4 Å². The minimum atomic E-state index is -0.368. The zero-order valence-corrected chi connectivity index (χ0v) is 15.6. The van der Waals surface area contributed by atoms with Crippen molar-refractivity contribution < 1.29 is 14.0 Å². The molecule has 0 radical (unpaired) electrons. The number of para-hydroxylation sites is 1. The van der Waals surface area contributed by atoms with Gasteiger partial charge in [0.05, 0.1) is 12.2 Å². The maximum absolute atomic E-state index is 13.9. The molecule has 1 saturated heterocycles. The van der Waals surface area contributed by atoms with Gasteiger partial charge in [0.2, 0.25) is 5.91 Å². The summed E-state index contributed by atoms with van der Waals surface area (Å²) >= 11 is 0. The van der Waals surface area contributed by atoms with Crippen LogP contribution in [-0.2, 0) is 4.79 Å². The molecule has 1 aromatic carbocycles. The number of nitrogens with one attached hydrogen (secondary N) is 1. The van der Waals surface area contributed by atoms with E-state index in [4.69, 9.17) is 0 Å². The highest BCUT2D eigenvalue weighted by Crippen LogP contribution is 2.17. The SMILES string of the molecule is CCCN1CCN(C(=O)NC(C)c2cnn(-c3ccccc3F)c2)CC1=O. The summed E-state index contributed by atoms with van der Waals surface area (Å²) in [6.07, 6.45) is 4.19. The van der Waals surface area contributed by atoms with Crippen molar-refractivity contribution in [3.63, 3.8) is 0 Å². The third-order valence-electron chi connectivity index (χ3n) is 4.64. The van der Waals surface area contributed by atoms with Crippen molar-refractivity contribution in [3.8, 4) is 5.69 Å². The molecule has 1 atom stereocenters. The van der Waals surface area contributed by atoms with Crippen LogP contribution < -0.4 is 5.32 Å². The quantitative estimate of drug-likeness (QED) is 0.875. The molecule has 1 aliphatic heterocycles. The number of carbonyl (C=O) groups is 2. The Labute approximate surface area is 157 Å². The van der Waals surface area contributed by atoms with E-state index in [9.17, 15) is 14.0 Å². The molecule has 1 N–H and O–H groups in total. The number of hydrogen-bond acceptors (Lipinski definition) is 3. The van der Waals surface area contributed by atoms with E-state index in [-0.39, 0.29) is 30.3 Å². The monoisotopic (exact) mass is 373 g/mol. The fourth-order valence-corrected chi connectivity index (χ4v) is 3.08. The van der Waals surface area contributed by atoms with Gasteiger partial charge in [-0.1, -0.05) is 19.1 Å². The summed E-state index contributed by atoms with van der Waals surface area (Å²) in [5.41, 5.74) is 1.10. The Balaban J connectivity index is 1.61. The number of piperazine rings is 1. The van der Waals surface area contributed by atoms with E-state index in [1.165, 1.54) is 15.6 Å². The van der Waals surface area contributed by atoms with Crippen LogP contribution in [0.1, 0.15) is 31.9 Å². The Kier molecular flexibility index (Phi) is 5.73. The molecule has 2 aromatic rings. The molecule has 1 fully saturated rings. The Morgan fingerprint density at radius 3 is 2.81 bits per heavy atom. The normalized spacial score (nSPS) is 15.7. The Morgan fingerprint density at radius 1 is 1.33 bits per heavy atom. The van der Waals surface area contributed by atoms with Crippen LogP contribution in [0.15, 0.2) is 36.7 Å². The third-order valence-corrected chi connectivity index (χ3v) is 4.64. The second-order valence-corrected chi connectivity index (χ2v) is 6.64. The van der Waals surface area contributed by atoms with Gasteiger partial charge >= 0.3 is 6.03 Å². The summed E-state index contributed by atoms with van der Waals surface area (Å²) in [6.45, 7) is 5.73. The van der Waals surface area contributed by atoms with Crippen LogP contribution in [0, 0.1) is 5.82 Å². The van der Waals surface area contributed by atoms with Gasteiger partial charge in [-0.2, -0.15) is 5.10 Å². The molecule has 3 rings (SSSR count). The van der Waals surface area contributed by atoms with Crippen molar-refractivity contribution >= 4 is 11.9 Å². The lowest BCUT2D eigenvalue weighted by Crippen LogP contribution is -2.54. The summed E-state index contributed by atoms with van der Waals surface area (Å²) in [7, 11) is 0. The molecule has 2 heterocycles. The highest BCUT2D eigenvalue weighted by molar-refractivity contribution is 5.85. The Hall–Kier alpha value is -2.90. The van der Waals surface area contributed by atoms with Crippen LogP contribution in [0.4, 0.5) is 9.18 Å².